The zero-order chi connectivity index (χ0) is 37.8. The molecule has 2 aromatic heterocycles. The molecule has 0 spiro atoms. The second kappa shape index (κ2) is 13.3. The van der Waals surface area contributed by atoms with Crippen molar-refractivity contribution >= 4 is 72.0 Å². The monoisotopic (exact) mass is 724 g/mol. The van der Waals surface area contributed by atoms with E-state index in [4.69, 9.17) is 29.9 Å². The van der Waals surface area contributed by atoms with Gasteiger partial charge in [-0.15, -0.1) is 5.10 Å². The Hall–Kier alpha value is -7.34. The third-order valence-electron chi connectivity index (χ3n) is 9.94. The summed E-state index contributed by atoms with van der Waals surface area (Å²) in [5.74, 6) is 1.17. The van der Waals surface area contributed by atoms with Crippen molar-refractivity contribution in [1.29, 1.82) is 5.41 Å². The van der Waals surface area contributed by atoms with E-state index in [1.807, 2.05) is 89.8 Å². The molecule has 1 aliphatic carbocycles. The number of anilines is 2. The molecule has 0 saturated carbocycles. The molecule has 2 N–H and O–H groups in total. The van der Waals surface area contributed by atoms with Crippen LogP contribution >= 0.6 is 0 Å². The Labute approximate surface area is 316 Å². The number of nitrogens with zero attached hydrogens (tertiary/aromatic N) is 8. The van der Waals surface area contributed by atoms with Crippen LogP contribution in [0.3, 0.4) is 0 Å². The lowest BCUT2D eigenvalue weighted by Crippen LogP contribution is -2.32. The molecular formula is C43H36N10O2. The first kappa shape index (κ1) is 33.5. The van der Waals surface area contributed by atoms with Gasteiger partial charge in [-0.1, -0.05) is 78.9 Å². The highest BCUT2D eigenvalue weighted by Crippen LogP contribution is 2.47. The quantitative estimate of drug-likeness (QED) is 0.0917. The summed E-state index contributed by atoms with van der Waals surface area (Å²) in [6.45, 7) is 0. The van der Waals surface area contributed by atoms with E-state index < -0.39 is 0 Å². The number of aryl methyl sites for hydroxylation is 2. The van der Waals surface area contributed by atoms with Crippen molar-refractivity contribution in [3.05, 3.63) is 127 Å². The van der Waals surface area contributed by atoms with Gasteiger partial charge in [-0.25, -0.2) is 0 Å². The fourth-order valence-corrected chi connectivity index (χ4v) is 7.63. The minimum absolute atomic E-state index is 0.241. The van der Waals surface area contributed by atoms with Gasteiger partial charge < -0.3 is 19.8 Å². The Morgan fingerprint density at radius 3 is 1.89 bits per heavy atom. The number of hydrogen-bond donors (Lipinski definition) is 2. The van der Waals surface area contributed by atoms with Gasteiger partial charge in [-0.3, -0.25) is 5.41 Å². The van der Waals surface area contributed by atoms with Gasteiger partial charge in [0.25, 0.3) is 0 Å². The summed E-state index contributed by atoms with van der Waals surface area (Å²) in [6.07, 6.45) is 4.01. The Morgan fingerprint density at radius 1 is 0.636 bits per heavy atom. The Bertz CT molecular complexity index is 2890. The van der Waals surface area contributed by atoms with Crippen molar-refractivity contribution in [2.75, 3.05) is 26.2 Å². The maximum atomic E-state index is 9.95. The van der Waals surface area contributed by atoms with Gasteiger partial charge >= 0.3 is 0 Å². The molecular weight excluding hydrogens is 689 g/mol. The highest BCUT2D eigenvalue weighted by atomic mass is 16.5. The summed E-state index contributed by atoms with van der Waals surface area (Å²) in [5, 5.41) is 38.4. The zero-order valence-corrected chi connectivity index (χ0v) is 30.9. The third kappa shape index (κ3) is 5.37. The van der Waals surface area contributed by atoms with Crippen LogP contribution in [-0.2, 0) is 14.1 Å². The number of hydrogen-bond acceptors (Lipinski definition) is 10. The second-order valence-electron chi connectivity index (χ2n) is 13.1. The molecule has 2 heterocycles. The van der Waals surface area contributed by atoms with E-state index in [1.165, 1.54) is 4.80 Å². The van der Waals surface area contributed by atoms with Gasteiger partial charge in [0.15, 0.2) is 5.52 Å². The highest BCUT2D eigenvalue weighted by molar-refractivity contribution is 6.63. The topological polar surface area (TPSA) is 131 Å². The first-order chi connectivity index (χ1) is 26.9. The summed E-state index contributed by atoms with van der Waals surface area (Å²) in [5.41, 5.74) is 11.4. The van der Waals surface area contributed by atoms with E-state index in [0.717, 1.165) is 43.8 Å². The van der Waals surface area contributed by atoms with E-state index >= 15 is 0 Å². The molecule has 0 fully saturated rings. The van der Waals surface area contributed by atoms with Crippen molar-refractivity contribution in [3.63, 3.8) is 0 Å². The number of methoxy groups -OCH3 is 2. The van der Waals surface area contributed by atoms with E-state index in [0.29, 0.717) is 56.3 Å². The fourth-order valence-electron chi connectivity index (χ4n) is 7.63. The van der Waals surface area contributed by atoms with Crippen molar-refractivity contribution in [2.45, 2.75) is 0 Å². The first-order valence-electron chi connectivity index (χ1n) is 17.7. The Balaban J connectivity index is 1.38. The molecule has 1 aliphatic rings. The lowest BCUT2D eigenvalue weighted by molar-refractivity contribution is 0.417. The summed E-state index contributed by atoms with van der Waals surface area (Å²) in [7, 11) is 8.58. The summed E-state index contributed by atoms with van der Waals surface area (Å²) in [6, 6.07) is 34.6. The SMILES string of the molecule is CN/N=C1\C(=N)C(c2c3ccccc3cc3ccccc23)=CC=C1N(c1ccc(OC)c2nn(C)nc12)c1cc(OC)c(-c2ccccc2)c2nn(C)nc12. The van der Waals surface area contributed by atoms with Crippen LogP contribution in [0.4, 0.5) is 11.4 Å². The molecule has 0 radical (unpaired) electrons. The molecule has 270 valence electrons. The van der Waals surface area contributed by atoms with E-state index in [9.17, 15) is 5.41 Å². The predicted molar refractivity (Wildman–Crippen MR) is 219 cm³/mol. The lowest BCUT2D eigenvalue weighted by atomic mass is 9.85. The summed E-state index contributed by atoms with van der Waals surface area (Å²) in [4.78, 5) is 5.10. The van der Waals surface area contributed by atoms with Gasteiger partial charge in [0.1, 0.15) is 33.8 Å². The van der Waals surface area contributed by atoms with Crippen molar-refractivity contribution in [1.82, 2.24) is 35.4 Å². The molecule has 8 aromatic rings. The van der Waals surface area contributed by atoms with E-state index in [1.54, 1.807) is 40.2 Å². The van der Waals surface area contributed by atoms with Crippen LogP contribution in [0, 0.1) is 5.41 Å². The molecule has 0 saturated heterocycles. The molecule has 9 rings (SSSR count). The number of nitrogens with one attached hydrogen (secondary N) is 2. The molecule has 12 nitrogen and oxygen atoms in total. The van der Waals surface area contributed by atoms with E-state index in [-0.39, 0.29) is 5.71 Å². The number of rotatable bonds is 8. The molecule has 0 unspecified atom stereocenters. The third-order valence-corrected chi connectivity index (χ3v) is 9.94. The molecule has 0 aliphatic heterocycles. The van der Waals surface area contributed by atoms with Crippen LogP contribution in [0.25, 0.3) is 60.3 Å². The van der Waals surface area contributed by atoms with Crippen LogP contribution in [0.2, 0.25) is 0 Å². The van der Waals surface area contributed by atoms with Gasteiger partial charge in [-0.05, 0) is 63.0 Å². The maximum absolute atomic E-state index is 9.95. The first-order valence-corrected chi connectivity index (χ1v) is 17.7. The number of aromatic nitrogens is 6. The van der Waals surface area contributed by atoms with Gasteiger partial charge in [0.2, 0.25) is 0 Å². The number of ether oxygens (including phenoxy) is 2. The van der Waals surface area contributed by atoms with Gasteiger partial charge in [-0.2, -0.15) is 30.0 Å². The molecule has 12 heteroatoms. The van der Waals surface area contributed by atoms with Crippen LogP contribution in [0.5, 0.6) is 11.5 Å². The number of fused-ring (bicyclic) bond motifs is 4. The minimum atomic E-state index is 0.241. The normalized spacial score (nSPS) is 13.8. The molecule has 6 aromatic carbocycles. The van der Waals surface area contributed by atoms with Crippen LogP contribution in [0.15, 0.2) is 126 Å². The van der Waals surface area contributed by atoms with E-state index in [2.05, 4.69) is 40.9 Å². The number of allylic oxidation sites excluding steroid dienone is 4. The van der Waals surface area contributed by atoms with Crippen molar-refractivity contribution in [2.24, 2.45) is 19.2 Å². The van der Waals surface area contributed by atoms with Crippen molar-refractivity contribution in [3.8, 4) is 22.6 Å². The average molecular weight is 725 g/mol. The van der Waals surface area contributed by atoms with Crippen LogP contribution in [-0.4, -0.2) is 62.7 Å². The average Bonchev–Trinajstić information content (AvgIpc) is 3.80. The largest absolute Gasteiger partial charge is 0.496 e. The smallest absolute Gasteiger partial charge is 0.157 e. The fraction of sp³-hybridized carbons (Fsp3) is 0.116. The summed E-state index contributed by atoms with van der Waals surface area (Å²) < 4.78 is 11.9. The Kier molecular flexibility index (Phi) is 8.07. The minimum Gasteiger partial charge on any atom is -0.496 e. The second-order valence-corrected chi connectivity index (χ2v) is 13.1. The number of hydrazone groups is 1. The Morgan fingerprint density at radius 2 is 1.24 bits per heavy atom. The molecule has 0 bridgehead atoms. The molecule has 0 amide bonds. The lowest BCUT2D eigenvalue weighted by Gasteiger charge is -2.31. The van der Waals surface area contributed by atoms with Crippen molar-refractivity contribution < 1.29 is 9.47 Å². The summed E-state index contributed by atoms with van der Waals surface area (Å²) >= 11 is 0. The van der Waals surface area contributed by atoms with Gasteiger partial charge in [0.05, 0.1) is 42.6 Å². The van der Waals surface area contributed by atoms with Gasteiger partial charge in [0, 0.05) is 32.8 Å². The number of benzene rings is 6. The van der Waals surface area contributed by atoms with Crippen LogP contribution in [0.1, 0.15) is 5.56 Å². The molecule has 55 heavy (non-hydrogen) atoms. The standard InChI is InChI=1S/C43H36N10O2/c1-45-46-39-31(20-19-30(38(39)44)37-28-17-11-9-15-26(28)23-27-16-10-12-18-29(27)37)53(32-21-22-34(54-4)42-40(32)47-51(2)49-42)33-24-35(55-5)36(25-13-7-6-8-14-25)43-41(33)48-52(3)50-43/h6-24,44-45H,1-5H3/b44-38?,46-39-. The predicted octanol–water partition coefficient (Wildman–Crippen LogP) is 7.95. The van der Waals surface area contributed by atoms with Crippen LogP contribution < -0.4 is 19.8 Å². The zero-order valence-electron chi connectivity index (χ0n) is 30.9. The maximum Gasteiger partial charge on any atom is 0.157 e. The highest BCUT2D eigenvalue weighted by Gasteiger charge is 2.33. The molecule has 0 atom stereocenters.